The van der Waals surface area contributed by atoms with Gasteiger partial charge in [-0.3, -0.25) is 4.79 Å². The minimum atomic E-state index is -6.88. The van der Waals surface area contributed by atoms with Gasteiger partial charge in [0, 0.05) is 6.92 Å². The molecule has 0 atom stereocenters. The molecule has 0 spiro atoms. The fraction of sp³-hybridized carbons (Fsp3) is 0.778. The highest BCUT2D eigenvalue weighted by molar-refractivity contribution is 6.04. The second-order valence-electron chi connectivity index (χ2n) is 4.56. The van der Waals surface area contributed by atoms with E-state index in [0.29, 0.717) is 5.32 Å². The Morgan fingerprint density at radius 3 is 1.44 bits per heavy atom. The average molecular weight is 400 g/mol. The average Bonchev–Trinajstić information content (AvgIpc) is 2.62. The molecule has 4 nitrogen and oxygen atoms in total. The first-order chi connectivity index (χ1) is 10.7. The summed E-state index contributed by atoms with van der Waals surface area (Å²) in [5, 5.41) is 0.591. The second-order valence-corrected chi connectivity index (χ2v) is 4.56. The van der Waals surface area contributed by atoms with Gasteiger partial charge in [-0.05, 0) is 0 Å². The highest BCUT2D eigenvalue weighted by atomic mass is 19.4. The summed E-state index contributed by atoms with van der Waals surface area (Å²) in [6.45, 7) is 0.237. The van der Waals surface area contributed by atoms with Gasteiger partial charge in [-0.15, -0.1) is 0 Å². The smallest absolute Gasteiger partial charge is 0.312 e. The molecular formula is C9H4F12N2O2. The molecule has 1 aliphatic heterocycles. The van der Waals surface area contributed by atoms with Crippen LogP contribution in [-0.2, 0) is 9.53 Å². The van der Waals surface area contributed by atoms with E-state index in [0.717, 1.165) is 0 Å². The van der Waals surface area contributed by atoms with Crippen molar-refractivity contribution >= 4 is 11.7 Å². The number of aliphatic imine (C=N–C) groups is 1. The number of nitrogens with one attached hydrogen (secondary N) is 1. The Bertz CT molecular complexity index is 553. The van der Waals surface area contributed by atoms with E-state index >= 15 is 0 Å². The van der Waals surface area contributed by atoms with Crippen LogP contribution in [0.15, 0.2) is 4.99 Å². The molecule has 25 heavy (non-hydrogen) atoms. The Kier molecular flexibility index (Phi) is 4.58. The number of ether oxygens (including phenoxy) is 1. The first-order valence-electron chi connectivity index (χ1n) is 5.58. The van der Waals surface area contributed by atoms with Crippen LogP contribution in [0.4, 0.5) is 52.7 Å². The molecule has 1 heterocycles. The number of alkyl halides is 12. The molecule has 1 amide bonds. The van der Waals surface area contributed by atoms with Gasteiger partial charge in [0.25, 0.3) is 0 Å². The molecular weight excluding hydrogens is 396 g/mol. The van der Waals surface area contributed by atoms with Gasteiger partial charge in [-0.1, -0.05) is 0 Å². The van der Waals surface area contributed by atoms with Crippen molar-refractivity contribution in [1.82, 2.24) is 5.32 Å². The predicted octanol–water partition coefficient (Wildman–Crippen LogP) is 3.24. The number of hydrogen-bond acceptors (Lipinski definition) is 3. The van der Waals surface area contributed by atoms with E-state index in [9.17, 15) is 57.5 Å². The molecule has 0 bridgehead atoms. The number of rotatable bonds is 0. The molecule has 1 aliphatic rings. The molecule has 0 aromatic heterocycles. The standard InChI is InChI=1S/C9H4F12N2O2/c1-2(24)22-3-4(6(10,11)12,7(13,14)15)25-5(23-3,8(16,17)18)9(19,20)21/h1H3,(H,22,23,24). The van der Waals surface area contributed by atoms with Crippen molar-refractivity contribution in [2.45, 2.75) is 43.0 Å². The van der Waals surface area contributed by atoms with Crippen LogP contribution in [0, 0.1) is 0 Å². The van der Waals surface area contributed by atoms with E-state index in [1.807, 2.05) is 0 Å². The van der Waals surface area contributed by atoms with Crippen molar-refractivity contribution in [3.05, 3.63) is 0 Å². The Hall–Kier alpha value is -1.74. The maximum absolute atomic E-state index is 12.9. The number of nitrogens with zero attached hydrogens (tertiary/aromatic N) is 1. The Morgan fingerprint density at radius 1 is 0.840 bits per heavy atom. The monoisotopic (exact) mass is 400 g/mol. The van der Waals surface area contributed by atoms with Crippen LogP contribution < -0.4 is 5.32 Å². The maximum atomic E-state index is 12.9. The molecule has 0 aromatic rings. The fourth-order valence-electron chi connectivity index (χ4n) is 1.76. The number of carbonyl (C=O) groups excluding carboxylic acids is 1. The minimum Gasteiger partial charge on any atom is -0.312 e. The van der Waals surface area contributed by atoms with Crippen LogP contribution in [-0.4, -0.2) is 47.8 Å². The summed E-state index contributed by atoms with van der Waals surface area (Å²) >= 11 is 0. The number of amides is 1. The van der Waals surface area contributed by atoms with Crippen LogP contribution in [0.3, 0.4) is 0 Å². The molecule has 0 unspecified atom stereocenters. The Morgan fingerprint density at radius 2 is 1.20 bits per heavy atom. The van der Waals surface area contributed by atoms with E-state index in [1.54, 1.807) is 0 Å². The van der Waals surface area contributed by atoms with E-state index in [-0.39, 0.29) is 6.92 Å². The van der Waals surface area contributed by atoms with Crippen molar-refractivity contribution in [3.8, 4) is 0 Å². The molecule has 0 saturated carbocycles. The van der Waals surface area contributed by atoms with Gasteiger partial charge in [0.2, 0.25) is 5.91 Å². The van der Waals surface area contributed by atoms with E-state index in [4.69, 9.17) is 0 Å². The molecule has 146 valence electrons. The minimum absolute atomic E-state index is 0.237. The number of carbonyl (C=O) groups is 1. The zero-order chi connectivity index (χ0) is 20.3. The molecule has 0 radical (unpaired) electrons. The highest BCUT2D eigenvalue weighted by Crippen LogP contribution is 2.59. The van der Waals surface area contributed by atoms with Crippen LogP contribution in [0.25, 0.3) is 0 Å². The number of halogens is 12. The summed E-state index contributed by atoms with van der Waals surface area (Å²) in [6, 6.07) is 0. The quantitative estimate of drug-likeness (QED) is 0.635. The topological polar surface area (TPSA) is 50.7 Å². The van der Waals surface area contributed by atoms with E-state index in [2.05, 4.69) is 4.74 Å². The van der Waals surface area contributed by atoms with Crippen molar-refractivity contribution in [2.75, 3.05) is 0 Å². The Labute approximate surface area is 128 Å². The lowest BCUT2D eigenvalue weighted by atomic mass is 10.0. The lowest BCUT2D eigenvalue weighted by Crippen LogP contribution is -2.68. The summed E-state index contributed by atoms with van der Waals surface area (Å²) in [5.41, 5.74) is -12.3. The maximum Gasteiger partial charge on any atom is 0.448 e. The third-order valence-electron chi connectivity index (χ3n) is 2.76. The fourth-order valence-corrected chi connectivity index (χ4v) is 1.76. The molecule has 0 fully saturated rings. The van der Waals surface area contributed by atoms with E-state index < -0.39 is 47.8 Å². The van der Waals surface area contributed by atoms with Crippen molar-refractivity contribution in [1.29, 1.82) is 0 Å². The van der Waals surface area contributed by atoms with Gasteiger partial charge in [0.1, 0.15) is 0 Å². The van der Waals surface area contributed by atoms with Gasteiger partial charge in [0.15, 0.2) is 5.84 Å². The largest absolute Gasteiger partial charge is 0.448 e. The Balaban J connectivity index is 3.90. The van der Waals surface area contributed by atoms with Crippen LogP contribution in [0.1, 0.15) is 6.92 Å². The lowest BCUT2D eigenvalue weighted by molar-refractivity contribution is -0.438. The van der Waals surface area contributed by atoms with Crippen LogP contribution in [0.2, 0.25) is 0 Å². The third-order valence-corrected chi connectivity index (χ3v) is 2.76. The zero-order valence-corrected chi connectivity index (χ0v) is 11.3. The van der Waals surface area contributed by atoms with E-state index in [1.165, 1.54) is 4.99 Å². The van der Waals surface area contributed by atoms with Crippen LogP contribution >= 0.6 is 0 Å². The molecule has 0 aromatic carbocycles. The summed E-state index contributed by atoms with van der Waals surface area (Å²) in [5.74, 6) is -4.88. The summed E-state index contributed by atoms with van der Waals surface area (Å²) < 4.78 is 157. The van der Waals surface area contributed by atoms with Crippen molar-refractivity contribution in [3.63, 3.8) is 0 Å². The molecule has 0 saturated heterocycles. The first kappa shape index (κ1) is 21.3. The van der Waals surface area contributed by atoms with Crippen LogP contribution in [0.5, 0.6) is 0 Å². The highest BCUT2D eigenvalue weighted by Gasteiger charge is 2.88. The van der Waals surface area contributed by atoms with Gasteiger partial charge in [-0.25, -0.2) is 4.99 Å². The molecule has 1 rings (SSSR count). The number of amidine groups is 1. The summed E-state index contributed by atoms with van der Waals surface area (Å²) in [6.07, 6.45) is -27.5. The van der Waals surface area contributed by atoms with Gasteiger partial charge >= 0.3 is 36.0 Å². The number of hydrogen-bond donors (Lipinski definition) is 1. The predicted molar refractivity (Wildman–Crippen MR) is 52.0 cm³/mol. The normalized spacial score (nSPS) is 21.1. The second kappa shape index (κ2) is 5.38. The van der Waals surface area contributed by atoms with Gasteiger partial charge < -0.3 is 10.1 Å². The van der Waals surface area contributed by atoms with Crippen molar-refractivity contribution < 1.29 is 62.2 Å². The van der Waals surface area contributed by atoms with Gasteiger partial charge in [-0.2, -0.15) is 52.7 Å². The van der Waals surface area contributed by atoms with Gasteiger partial charge in [0.05, 0.1) is 0 Å². The third kappa shape index (κ3) is 2.99. The van der Waals surface area contributed by atoms with Crippen molar-refractivity contribution in [2.24, 2.45) is 4.99 Å². The molecule has 1 N–H and O–H groups in total. The summed E-state index contributed by atoms with van der Waals surface area (Å²) in [7, 11) is 0. The SMILES string of the molecule is CC(=O)NC1=NC(C(F)(F)F)(C(F)(F)F)OC1(C(F)(F)F)C(F)(F)F. The first-order valence-corrected chi connectivity index (χ1v) is 5.58. The molecule has 16 heteroatoms. The molecule has 0 aliphatic carbocycles. The summed E-state index contributed by atoms with van der Waals surface area (Å²) in [4.78, 5) is 12.2. The lowest BCUT2D eigenvalue weighted by Gasteiger charge is -2.37. The zero-order valence-electron chi connectivity index (χ0n) is 11.3.